The van der Waals surface area contributed by atoms with Gasteiger partial charge in [0.05, 0.1) is 23.7 Å². The number of aromatic nitrogens is 3. The minimum Gasteiger partial charge on any atom is -0.384 e. The molecule has 0 saturated heterocycles. The van der Waals surface area contributed by atoms with E-state index in [1.807, 2.05) is 51.1 Å². The largest absolute Gasteiger partial charge is 0.384 e. The van der Waals surface area contributed by atoms with Crippen LogP contribution in [0.2, 0.25) is 0 Å². The van der Waals surface area contributed by atoms with Crippen molar-refractivity contribution in [1.82, 2.24) is 15.0 Å². The lowest BCUT2D eigenvalue weighted by atomic mass is 9.84. The van der Waals surface area contributed by atoms with Crippen molar-refractivity contribution in [2.24, 2.45) is 5.41 Å². The van der Waals surface area contributed by atoms with Crippen LogP contribution in [0.5, 0.6) is 0 Å². The van der Waals surface area contributed by atoms with E-state index in [2.05, 4.69) is 10.3 Å². The van der Waals surface area contributed by atoms with Gasteiger partial charge in [-0.2, -0.15) is 0 Å². The summed E-state index contributed by atoms with van der Waals surface area (Å²) >= 11 is 0. The van der Waals surface area contributed by atoms with Crippen molar-refractivity contribution in [2.75, 3.05) is 7.11 Å². The average molecular weight is 275 g/mol. The number of ether oxygens (including phenoxy) is 1. The van der Waals surface area contributed by atoms with E-state index < -0.39 is 6.10 Å². The zero-order chi connectivity index (χ0) is 14.8. The first-order valence-electron chi connectivity index (χ1n) is 6.62. The summed E-state index contributed by atoms with van der Waals surface area (Å²) in [5.74, 6) is 0. The van der Waals surface area contributed by atoms with E-state index in [-0.39, 0.29) is 11.5 Å². The Bertz CT molecular complexity index is 546. The van der Waals surface area contributed by atoms with Gasteiger partial charge in [-0.25, -0.2) is 4.68 Å². The molecule has 0 saturated carbocycles. The van der Waals surface area contributed by atoms with E-state index in [1.54, 1.807) is 18.0 Å². The molecule has 0 spiro atoms. The van der Waals surface area contributed by atoms with Gasteiger partial charge < -0.3 is 9.84 Å². The summed E-state index contributed by atoms with van der Waals surface area (Å²) < 4.78 is 7.11. The summed E-state index contributed by atoms with van der Waals surface area (Å²) in [6.45, 7) is 6.09. The summed E-state index contributed by atoms with van der Waals surface area (Å²) in [4.78, 5) is 0. The predicted molar refractivity (Wildman–Crippen MR) is 76.6 cm³/mol. The molecule has 2 aromatic rings. The molecule has 1 N–H and O–H groups in total. The fourth-order valence-corrected chi connectivity index (χ4v) is 2.33. The molecule has 0 aliphatic heterocycles. The van der Waals surface area contributed by atoms with E-state index in [4.69, 9.17) is 4.74 Å². The molecule has 20 heavy (non-hydrogen) atoms. The van der Waals surface area contributed by atoms with E-state index in [0.717, 1.165) is 5.69 Å². The van der Waals surface area contributed by atoms with Gasteiger partial charge in [0, 0.05) is 7.11 Å². The second-order valence-corrected chi connectivity index (χ2v) is 5.87. The summed E-state index contributed by atoms with van der Waals surface area (Å²) in [6, 6.07) is 9.62. The first kappa shape index (κ1) is 14.7. The first-order valence-corrected chi connectivity index (χ1v) is 6.62. The van der Waals surface area contributed by atoms with Gasteiger partial charge >= 0.3 is 0 Å². The monoisotopic (exact) mass is 275 g/mol. The fourth-order valence-electron chi connectivity index (χ4n) is 2.33. The van der Waals surface area contributed by atoms with Crippen LogP contribution in [0.1, 0.15) is 32.6 Å². The third-order valence-corrected chi connectivity index (χ3v) is 3.27. The van der Waals surface area contributed by atoms with Gasteiger partial charge in [0.2, 0.25) is 0 Å². The number of nitrogens with zero attached hydrogens (tertiary/aromatic N) is 3. The summed E-state index contributed by atoms with van der Waals surface area (Å²) in [7, 11) is 1.61. The summed E-state index contributed by atoms with van der Waals surface area (Å²) in [6.07, 6.45) is 0.439. The highest BCUT2D eigenvalue weighted by Gasteiger charge is 2.34. The molecule has 5 heteroatoms. The minimum atomic E-state index is -0.796. The lowest BCUT2D eigenvalue weighted by molar-refractivity contribution is -0.0747. The molecule has 0 aliphatic carbocycles. The minimum absolute atomic E-state index is 0.194. The van der Waals surface area contributed by atoms with Crippen molar-refractivity contribution in [3.63, 3.8) is 0 Å². The Labute approximate surface area is 119 Å². The molecule has 1 aromatic carbocycles. The number of methoxy groups -OCH3 is 1. The SMILES string of the molecule is COC(C(O)c1cnnn1-c1ccccc1)C(C)(C)C. The Morgan fingerprint density at radius 1 is 1.20 bits per heavy atom. The second-order valence-electron chi connectivity index (χ2n) is 5.87. The van der Waals surface area contributed by atoms with E-state index in [1.165, 1.54) is 0 Å². The first-order chi connectivity index (χ1) is 9.45. The van der Waals surface area contributed by atoms with Gasteiger partial charge in [0.1, 0.15) is 6.10 Å². The molecule has 0 fully saturated rings. The average Bonchev–Trinajstić information content (AvgIpc) is 2.88. The maximum Gasteiger partial charge on any atom is 0.124 e. The predicted octanol–water partition coefficient (Wildman–Crippen LogP) is 2.36. The number of hydrogen-bond acceptors (Lipinski definition) is 4. The van der Waals surface area contributed by atoms with Gasteiger partial charge in [0.15, 0.2) is 0 Å². The maximum atomic E-state index is 10.6. The number of benzene rings is 1. The molecule has 1 heterocycles. The van der Waals surface area contributed by atoms with Crippen molar-refractivity contribution in [1.29, 1.82) is 0 Å². The van der Waals surface area contributed by atoms with Gasteiger partial charge in [-0.1, -0.05) is 44.2 Å². The van der Waals surface area contributed by atoms with Crippen LogP contribution in [0.4, 0.5) is 0 Å². The lowest BCUT2D eigenvalue weighted by Gasteiger charge is -2.33. The normalized spacial score (nSPS) is 15.1. The summed E-state index contributed by atoms with van der Waals surface area (Å²) in [5, 5.41) is 18.6. The number of aliphatic hydroxyl groups excluding tert-OH is 1. The number of hydrogen-bond donors (Lipinski definition) is 1. The highest BCUT2D eigenvalue weighted by molar-refractivity contribution is 5.32. The van der Waals surface area contributed by atoms with Crippen molar-refractivity contribution >= 4 is 0 Å². The molecule has 0 aliphatic rings. The molecule has 2 unspecified atom stereocenters. The van der Waals surface area contributed by atoms with Crippen LogP contribution in [-0.4, -0.2) is 33.3 Å². The van der Waals surface area contributed by atoms with Crippen LogP contribution in [0.15, 0.2) is 36.5 Å². The Kier molecular flexibility index (Phi) is 4.20. The molecular formula is C15H21N3O2. The lowest BCUT2D eigenvalue weighted by Crippen LogP contribution is -2.35. The smallest absolute Gasteiger partial charge is 0.124 e. The number of aliphatic hydroxyl groups is 1. The highest BCUT2D eigenvalue weighted by Crippen LogP contribution is 2.32. The van der Waals surface area contributed by atoms with Crippen molar-refractivity contribution < 1.29 is 9.84 Å². The molecule has 0 amide bonds. The quantitative estimate of drug-likeness (QED) is 0.930. The number of para-hydroxylation sites is 1. The standard InChI is InChI=1S/C15H21N3O2/c1-15(2,3)14(20-4)13(19)12-10-16-17-18(12)11-8-6-5-7-9-11/h5-10,13-14,19H,1-4H3. The van der Waals surface area contributed by atoms with Crippen LogP contribution in [0.25, 0.3) is 5.69 Å². The molecule has 2 rings (SSSR count). The summed E-state index contributed by atoms with van der Waals surface area (Å²) in [5.41, 5.74) is 1.29. The van der Waals surface area contributed by atoms with Gasteiger partial charge in [-0.05, 0) is 17.5 Å². The van der Waals surface area contributed by atoms with Crippen LogP contribution >= 0.6 is 0 Å². The molecule has 1 aromatic heterocycles. The molecule has 0 bridgehead atoms. The Balaban J connectivity index is 2.37. The van der Waals surface area contributed by atoms with Gasteiger partial charge in [-0.15, -0.1) is 5.10 Å². The van der Waals surface area contributed by atoms with E-state index in [0.29, 0.717) is 5.69 Å². The topological polar surface area (TPSA) is 60.2 Å². The fraction of sp³-hybridized carbons (Fsp3) is 0.467. The molecule has 0 radical (unpaired) electrons. The molecule has 2 atom stereocenters. The third-order valence-electron chi connectivity index (χ3n) is 3.27. The Hall–Kier alpha value is -1.72. The Morgan fingerprint density at radius 3 is 2.40 bits per heavy atom. The molecule has 5 nitrogen and oxygen atoms in total. The van der Waals surface area contributed by atoms with Crippen LogP contribution in [-0.2, 0) is 4.74 Å². The van der Waals surface area contributed by atoms with Gasteiger partial charge in [-0.3, -0.25) is 0 Å². The second kappa shape index (κ2) is 5.73. The van der Waals surface area contributed by atoms with E-state index >= 15 is 0 Å². The molecule has 108 valence electrons. The van der Waals surface area contributed by atoms with Crippen LogP contribution < -0.4 is 0 Å². The zero-order valence-electron chi connectivity index (χ0n) is 12.3. The van der Waals surface area contributed by atoms with Gasteiger partial charge in [0.25, 0.3) is 0 Å². The van der Waals surface area contributed by atoms with Crippen molar-refractivity contribution in [2.45, 2.75) is 33.0 Å². The Morgan fingerprint density at radius 2 is 1.85 bits per heavy atom. The van der Waals surface area contributed by atoms with E-state index in [9.17, 15) is 5.11 Å². The highest BCUT2D eigenvalue weighted by atomic mass is 16.5. The van der Waals surface area contributed by atoms with Crippen molar-refractivity contribution in [3.8, 4) is 5.69 Å². The van der Waals surface area contributed by atoms with Crippen LogP contribution in [0.3, 0.4) is 0 Å². The zero-order valence-corrected chi connectivity index (χ0v) is 12.3. The van der Waals surface area contributed by atoms with Crippen LogP contribution in [0, 0.1) is 5.41 Å². The third kappa shape index (κ3) is 2.89. The van der Waals surface area contributed by atoms with Crippen molar-refractivity contribution in [3.05, 3.63) is 42.2 Å². The molecular weight excluding hydrogens is 254 g/mol. The number of rotatable bonds is 4. The maximum absolute atomic E-state index is 10.6.